The summed E-state index contributed by atoms with van der Waals surface area (Å²) in [6.07, 6.45) is 6.30. The summed E-state index contributed by atoms with van der Waals surface area (Å²) in [5.74, 6) is 0.751. The molecule has 0 saturated carbocycles. The Morgan fingerprint density at radius 1 is 1.23 bits per heavy atom. The first-order valence-corrected chi connectivity index (χ1v) is 8.38. The van der Waals surface area contributed by atoms with Crippen LogP contribution in [0.2, 0.25) is 0 Å². The average Bonchev–Trinajstić information content (AvgIpc) is 2.89. The van der Waals surface area contributed by atoms with Gasteiger partial charge in [0.2, 0.25) is 5.91 Å². The van der Waals surface area contributed by atoms with Crippen molar-refractivity contribution < 1.29 is 4.79 Å². The van der Waals surface area contributed by atoms with Crippen molar-refractivity contribution in [1.29, 1.82) is 0 Å². The number of benzene rings is 1. The first kappa shape index (κ1) is 12.5. The Labute approximate surface area is 130 Å². The summed E-state index contributed by atoms with van der Waals surface area (Å²) in [5, 5.41) is 1.29. The first-order chi connectivity index (χ1) is 10.8. The predicted molar refractivity (Wildman–Crippen MR) is 86.8 cm³/mol. The number of carbonyl (C=O) groups is 1. The maximum Gasteiger partial charge on any atom is 0.231 e. The van der Waals surface area contributed by atoms with E-state index in [1.54, 1.807) is 0 Å². The van der Waals surface area contributed by atoms with Crippen LogP contribution in [0.1, 0.15) is 48.3 Å². The second-order valence-corrected chi connectivity index (χ2v) is 6.85. The molecule has 2 aromatic rings. The Kier molecular flexibility index (Phi) is 2.42. The largest absolute Gasteiger partial charge is 0.368 e. The van der Waals surface area contributed by atoms with E-state index in [2.05, 4.69) is 36.2 Å². The molecule has 0 fully saturated rings. The Balaban J connectivity index is 1.81. The van der Waals surface area contributed by atoms with Gasteiger partial charge in [0, 0.05) is 18.4 Å². The van der Waals surface area contributed by atoms with Gasteiger partial charge in [0.15, 0.2) is 0 Å². The van der Waals surface area contributed by atoms with Crippen LogP contribution in [-0.2, 0) is 6.42 Å². The van der Waals surface area contributed by atoms with Gasteiger partial charge in [0.25, 0.3) is 0 Å². The lowest BCUT2D eigenvalue weighted by molar-refractivity contribution is 0.0728. The van der Waals surface area contributed by atoms with Crippen LogP contribution in [0.3, 0.4) is 0 Å². The fraction of sp³-hybridized carbons (Fsp3) is 0.421. The second kappa shape index (κ2) is 4.25. The first-order valence-electron chi connectivity index (χ1n) is 8.38. The van der Waals surface area contributed by atoms with Crippen LogP contribution in [0.4, 0.5) is 0 Å². The highest BCUT2D eigenvalue weighted by Gasteiger charge is 2.44. The van der Waals surface area contributed by atoms with E-state index in [1.807, 2.05) is 10.6 Å². The number of rotatable bonds is 1. The van der Waals surface area contributed by atoms with Gasteiger partial charge < -0.3 is 4.90 Å². The zero-order chi connectivity index (χ0) is 14.8. The van der Waals surface area contributed by atoms with Crippen molar-refractivity contribution in [2.75, 3.05) is 6.54 Å². The molecule has 3 nitrogen and oxygen atoms in total. The fourth-order valence-electron chi connectivity index (χ4n) is 4.82. The lowest BCUT2D eigenvalue weighted by atomic mass is 9.78. The number of aromatic nitrogens is 1. The van der Waals surface area contributed by atoms with Crippen LogP contribution < -0.4 is 0 Å². The number of allylic oxidation sites excluding steroid dienone is 1. The quantitative estimate of drug-likeness (QED) is 0.796. The van der Waals surface area contributed by atoms with E-state index in [1.165, 1.54) is 22.2 Å². The van der Waals surface area contributed by atoms with Gasteiger partial charge in [-0.05, 0) is 43.0 Å². The monoisotopic (exact) mass is 292 g/mol. The molecule has 0 radical (unpaired) electrons. The molecule has 2 atom stereocenters. The second-order valence-electron chi connectivity index (χ2n) is 6.85. The standard InChI is InChI=1S/C19H20N2O/c1-2-12-9-13-10-17(22)21-16-6-4-3-5-14(16)15-7-8-20(11-12)18(13)19(15)21/h3-6,11,13,18H,2,7-10H2,1H3/t13-,18-/m1/s1. The van der Waals surface area contributed by atoms with Gasteiger partial charge in [-0.3, -0.25) is 9.36 Å². The number of nitrogens with zero attached hydrogens (tertiary/aromatic N) is 2. The van der Waals surface area contributed by atoms with Crippen molar-refractivity contribution in [3.05, 3.63) is 47.3 Å². The van der Waals surface area contributed by atoms with Crippen molar-refractivity contribution in [2.24, 2.45) is 5.92 Å². The smallest absolute Gasteiger partial charge is 0.231 e. The zero-order valence-electron chi connectivity index (χ0n) is 12.9. The highest BCUT2D eigenvalue weighted by molar-refractivity contribution is 5.97. The molecule has 4 heterocycles. The summed E-state index contributed by atoms with van der Waals surface area (Å²) in [6, 6.07) is 8.83. The molecule has 0 unspecified atom stereocenters. The summed E-state index contributed by atoms with van der Waals surface area (Å²) < 4.78 is 2.03. The number of hydrogen-bond acceptors (Lipinski definition) is 2. The molecule has 3 aliphatic rings. The van der Waals surface area contributed by atoms with Crippen LogP contribution in [-0.4, -0.2) is 21.9 Å². The maximum atomic E-state index is 12.8. The number of hydrogen-bond donors (Lipinski definition) is 0. The maximum absolute atomic E-state index is 12.8. The van der Waals surface area contributed by atoms with Crippen LogP contribution in [0.5, 0.6) is 0 Å². The minimum Gasteiger partial charge on any atom is -0.368 e. The summed E-state index contributed by atoms with van der Waals surface area (Å²) in [5.41, 5.74) is 5.33. The molecule has 0 amide bonds. The number of carbonyl (C=O) groups excluding carboxylic acids is 1. The van der Waals surface area contributed by atoms with Crippen LogP contribution in [0.25, 0.3) is 10.9 Å². The van der Waals surface area contributed by atoms with E-state index in [-0.39, 0.29) is 5.91 Å². The van der Waals surface area contributed by atoms with Crippen molar-refractivity contribution >= 4 is 16.8 Å². The van der Waals surface area contributed by atoms with E-state index < -0.39 is 0 Å². The van der Waals surface area contributed by atoms with E-state index >= 15 is 0 Å². The molecule has 1 aromatic carbocycles. The Bertz CT molecular complexity index is 829. The van der Waals surface area contributed by atoms with Gasteiger partial charge in [0.05, 0.1) is 17.3 Å². The summed E-state index contributed by atoms with van der Waals surface area (Å²) in [7, 11) is 0. The molecule has 0 bridgehead atoms. The molecule has 112 valence electrons. The molecule has 0 saturated heterocycles. The third kappa shape index (κ3) is 1.44. The Morgan fingerprint density at radius 3 is 2.95 bits per heavy atom. The lowest BCUT2D eigenvalue weighted by Crippen LogP contribution is -2.44. The SMILES string of the molecule is CCC1=CN2CCc3c4n(c5ccccc35)C(=O)C[C@@H](C1)[C@H]42. The van der Waals surface area contributed by atoms with E-state index in [9.17, 15) is 4.79 Å². The Hall–Kier alpha value is -2.03. The third-order valence-electron chi connectivity index (χ3n) is 5.74. The molecule has 22 heavy (non-hydrogen) atoms. The number of fused-ring (bicyclic) bond motifs is 3. The fourth-order valence-corrected chi connectivity index (χ4v) is 4.82. The molecule has 3 heteroatoms. The Morgan fingerprint density at radius 2 is 2.09 bits per heavy atom. The summed E-state index contributed by atoms with van der Waals surface area (Å²) in [6.45, 7) is 3.31. The normalized spacial score (nSPS) is 26.1. The van der Waals surface area contributed by atoms with Crippen molar-refractivity contribution in [2.45, 2.75) is 38.6 Å². The topological polar surface area (TPSA) is 25.2 Å². The van der Waals surface area contributed by atoms with E-state index in [0.29, 0.717) is 18.4 Å². The molecule has 1 aromatic heterocycles. The van der Waals surface area contributed by atoms with Gasteiger partial charge in [-0.25, -0.2) is 0 Å². The van der Waals surface area contributed by atoms with Crippen molar-refractivity contribution in [1.82, 2.24) is 9.47 Å². The highest BCUT2D eigenvalue weighted by atomic mass is 16.2. The van der Waals surface area contributed by atoms with Crippen LogP contribution in [0.15, 0.2) is 36.0 Å². The van der Waals surface area contributed by atoms with Gasteiger partial charge in [-0.2, -0.15) is 0 Å². The molecular weight excluding hydrogens is 272 g/mol. The number of para-hydroxylation sites is 1. The van der Waals surface area contributed by atoms with Gasteiger partial charge in [-0.15, -0.1) is 0 Å². The lowest BCUT2D eigenvalue weighted by Gasteiger charge is -2.46. The van der Waals surface area contributed by atoms with Gasteiger partial charge in [-0.1, -0.05) is 30.7 Å². The molecule has 0 N–H and O–H groups in total. The molecular formula is C19H20N2O. The summed E-state index contributed by atoms with van der Waals surface area (Å²) in [4.78, 5) is 15.3. The molecule has 0 aliphatic carbocycles. The van der Waals surface area contributed by atoms with Crippen molar-refractivity contribution in [3.8, 4) is 0 Å². The summed E-state index contributed by atoms with van der Waals surface area (Å²) >= 11 is 0. The predicted octanol–water partition coefficient (Wildman–Crippen LogP) is 3.90. The van der Waals surface area contributed by atoms with E-state index in [0.717, 1.165) is 31.3 Å². The van der Waals surface area contributed by atoms with Crippen LogP contribution >= 0.6 is 0 Å². The van der Waals surface area contributed by atoms with Crippen molar-refractivity contribution in [3.63, 3.8) is 0 Å². The van der Waals surface area contributed by atoms with Gasteiger partial charge >= 0.3 is 0 Å². The molecule has 0 spiro atoms. The molecule has 3 aliphatic heterocycles. The van der Waals surface area contributed by atoms with Gasteiger partial charge in [0.1, 0.15) is 0 Å². The minimum atomic E-state index is 0.290. The third-order valence-corrected chi connectivity index (χ3v) is 5.74. The zero-order valence-corrected chi connectivity index (χ0v) is 12.9. The van der Waals surface area contributed by atoms with Crippen LogP contribution in [0, 0.1) is 5.92 Å². The highest BCUT2D eigenvalue weighted by Crippen LogP contribution is 2.49. The average molecular weight is 292 g/mol. The van der Waals surface area contributed by atoms with E-state index in [4.69, 9.17) is 0 Å². The molecule has 5 rings (SSSR count). The minimum absolute atomic E-state index is 0.290.